The highest BCUT2D eigenvalue weighted by Gasteiger charge is 2.21. The Labute approximate surface area is 138 Å². The fourth-order valence-corrected chi connectivity index (χ4v) is 4.81. The zero-order valence-electron chi connectivity index (χ0n) is 12.5. The van der Waals surface area contributed by atoms with Gasteiger partial charge >= 0.3 is 0 Å². The Kier molecular flexibility index (Phi) is 3.31. The summed E-state index contributed by atoms with van der Waals surface area (Å²) in [6, 6.07) is 4.11. The molecule has 1 aliphatic carbocycles. The second-order valence-electron chi connectivity index (χ2n) is 5.82. The summed E-state index contributed by atoms with van der Waals surface area (Å²) >= 11 is 8.22. The van der Waals surface area contributed by atoms with Gasteiger partial charge in [-0.2, -0.15) is 0 Å². The Bertz CT molecular complexity index is 862. The van der Waals surface area contributed by atoms with E-state index in [2.05, 4.69) is 35.2 Å². The molecule has 3 nitrogen and oxygen atoms in total. The lowest BCUT2D eigenvalue weighted by Crippen LogP contribution is -1.99. The predicted molar refractivity (Wildman–Crippen MR) is 93.6 cm³/mol. The van der Waals surface area contributed by atoms with Crippen LogP contribution in [-0.2, 0) is 12.8 Å². The third kappa shape index (κ3) is 2.18. The number of hydrogen-bond acceptors (Lipinski definition) is 4. The van der Waals surface area contributed by atoms with E-state index in [-0.39, 0.29) is 0 Å². The predicted octanol–water partition coefficient (Wildman–Crippen LogP) is 5.19. The SMILES string of the molecule is Cc1cc(C)c(Nc2ncnc3sc4c(c23)CCC4)c(Cl)c1. The highest BCUT2D eigenvalue weighted by Crippen LogP contribution is 2.40. The second-order valence-corrected chi connectivity index (χ2v) is 7.31. The normalized spacial score (nSPS) is 13.6. The minimum absolute atomic E-state index is 0.733. The van der Waals surface area contributed by atoms with Gasteiger partial charge in [-0.15, -0.1) is 11.3 Å². The van der Waals surface area contributed by atoms with E-state index in [1.54, 1.807) is 17.7 Å². The molecule has 5 heteroatoms. The van der Waals surface area contributed by atoms with Crippen molar-refractivity contribution in [3.05, 3.63) is 45.1 Å². The number of thiophene rings is 1. The summed E-state index contributed by atoms with van der Waals surface area (Å²) in [5, 5.41) is 5.36. The van der Waals surface area contributed by atoms with E-state index in [4.69, 9.17) is 11.6 Å². The zero-order chi connectivity index (χ0) is 15.3. The summed E-state index contributed by atoms with van der Waals surface area (Å²) in [4.78, 5) is 11.5. The summed E-state index contributed by atoms with van der Waals surface area (Å²) in [5.74, 6) is 0.873. The molecule has 22 heavy (non-hydrogen) atoms. The molecule has 0 saturated heterocycles. The molecule has 2 aromatic heterocycles. The van der Waals surface area contributed by atoms with E-state index in [9.17, 15) is 0 Å². The molecule has 1 aliphatic rings. The maximum atomic E-state index is 6.42. The maximum absolute atomic E-state index is 6.42. The average molecular weight is 330 g/mol. The molecule has 0 amide bonds. The minimum atomic E-state index is 0.733. The average Bonchev–Trinajstić information content (AvgIpc) is 3.03. The molecule has 0 fully saturated rings. The Morgan fingerprint density at radius 2 is 2.05 bits per heavy atom. The summed E-state index contributed by atoms with van der Waals surface area (Å²) in [5.41, 5.74) is 4.65. The third-order valence-electron chi connectivity index (χ3n) is 4.18. The number of fused-ring (bicyclic) bond motifs is 3. The Balaban J connectivity index is 1.86. The molecule has 3 aromatic rings. The van der Waals surface area contributed by atoms with E-state index in [0.717, 1.165) is 38.9 Å². The van der Waals surface area contributed by atoms with Crippen LogP contribution in [0.2, 0.25) is 5.02 Å². The second kappa shape index (κ2) is 5.21. The van der Waals surface area contributed by atoms with Crippen LogP contribution in [0.5, 0.6) is 0 Å². The number of rotatable bonds is 2. The Hall–Kier alpha value is -1.65. The molecular weight excluding hydrogens is 314 g/mol. The van der Waals surface area contributed by atoms with Crippen molar-refractivity contribution in [3.8, 4) is 0 Å². The van der Waals surface area contributed by atoms with Crippen molar-refractivity contribution in [3.63, 3.8) is 0 Å². The lowest BCUT2D eigenvalue weighted by Gasteiger charge is -2.13. The van der Waals surface area contributed by atoms with Crippen LogP contribution in [-0.4, -0.2) is 9.97 Å². The maximum Gasteiger partial charge on any atom is 0.142 e. The minimum Gasteiger partial charge on any atom is -0.338 e. The van der Waals surface area contributed by atoms with Gasteiger partial charge in [0.15, 0.2) is 0 Å². The molecule has 0 aliphatic heterocycles. The quantitative estimate of drug-likeness (QED) is 0.702. The molecule has 0 radical (unpaired) electrons. The van der Waals surface area contributed by atoms with Crippen LogP contribution in [0.4, 0.5) is 11.5 Å². The number of nitrogens with zero attached hydrogens (tertiary/aromatic N) is 2. The van der Waals surface area contributed by atoms with E-state index >= 15 is 0 Å². The van der Waals surface area contributed by atoms with Crippen LogP contribution >= 0.6 is 22.9 Å². The van der Waals surface area contributed by atoms with Gasteiger partial charge in [-0.3, -0.25) is 0 Å². The molecule has 1 aromatic carbocycles. The van der Waals surface area contributed by atoms with Crippen molar-refractivity contribution in [2.75, 3.05) is 5.32 Å². The van der Waals surface area contributed by atoms with Gasteiger partial charge in [-0.05, 0) is 55.9 Å². The highest BCUT2D eigenvalue weighted by molar-refractivity contribution is 7.19. The first-order valence-electron chi connectivity index (χ1n) is 7.42. The van der Waals surface area contributed by atoms with Gasteiger partial charge in [-0.1, -0.05) is 17.7 Å². The summed E-state index contributed by atoms with van der Waals surface area (Å²) in [7, 11) is 0. The van der Waals surface area contributed by atoms with Crippen LogP contribution in [0.15, 0.2) is 18.5 Å². The molecule has 112 valence electrons. The smallest absolute Gasteiger partial charge is 0.142 e. The van der Waals surface area contributed by atoms with Crippen LogP contribution in [0, 0.1) is 13.8 Å². The van der Waals surface area contributed by atoms with Crippen molar-refractivity contribution in [2.45, 2.75) is 33.1 Å². The van der Waals surface area contributed by atoms with Crippen molar-refractivity contribution in [1.82, 2.24) is 9.97 Å². The van der Waals surface area contributed by atoms with E-state index < -0.39 is 0 Å². The number of nitrogens with one attached hydrogen (secondary N) is 1. The first-order valence-corrected chi connectivity index (χ1v) is 8.62. The van der Waals surface area contributed by atoms with Crippen LogP contribution < -0.4 is 5.32 Å². The van der Waals surface area contributed by atoms with Gasteiger partial charge in [0.05, 0.1) is 16.1 Å². The van der Waals surface area contributed by atoms with Gasteiger partial charge in [0.1, 0.15) is 17.0 Å². The standard InChI is InChI=1S/C17H16ClN3S/c1-9-6-10(2)15(12(18)7-9)21-16-14-11-4-3-5-13(11)22-17(14)20-8-19-16/h6-8H,3-5H2,1-2H3,(H,19,20,21). The summed E-state index contributed by atoms with van der Waals surface area (Å²) in [6.45, 7) is 4.12. The molecule has 2 heterocycles. The van der Waals surface area contributed by atoms with Crippen molar-refractivity contribution in [1.29, 1.82) is 0 Å². The van der Waals surface area contributed by atoms with Crippen molar-refractivity contribution < 1.29 is 0 Å². The monoisotopic (exact) mass is 329 g/mol. The van der Waals surface area contributed by atoms with Gasteiger partial charge in [0.25, 0.3) is 0 Å². The van der Waals surface area contributed by atoms with Gasteiger partial charge in [0.2, 0.25) is 0 Å². The lowest BCUT2D eigenvalue weighted by molar-refractivity contribution is 0.917. The fraction of sp³-hybridized carbons (Fsp3) is 0.294. The molecule has 0 saturated carbocycles. The highest BCUT2D eigenvalue weighted by atomic mass is 35.5. The number of halogens is 1. The van der Waals surface area contributed by atoms with E-state index in [0.29, 0.717) is 0 Å². The van der Waals surface area contributed by atoms with Crippen molar-refractivity contribution in [2.24, 2.45) is 0 Å². The lowest BCUT2D eigenvalue weighted by atomic mass is 10.1. The van der Waals surface area contributed by atoms with Crippen molar-refractivity contribution >= 4 is 44.7 Å². The Morgan fingerprint density at radius 1 is 1.18 bits per heavy atom. The first kappa shape index (κ1) is 14.0. The van der Waals surface area contributed by atoms with E-state index in [1.807, 2.05) is 6.07 Å². The van der Waals surface area contributed by atoms with Crippen LogP contribution in [0.3, 0.4) is 0 Å². The molecular formula is C17H16ClN3S. The number of aryl methyl sites for hydroxylation is 4. The number of hydrogen-bond donors (Lipinski definition) is 1. The topological polar surface area (TPSA) is 37.8 Å². The van der Waals surface area contributed by atoms with Crippen LogP contribution in [0.1, 0.15) is 28.0 Å². The molecule has 0 spiro atoms. The molecule has 0 atom stereocenters. The van der Waals surface area contributed by atoms with Crippen LogP contribution in [0.25, 0.3) is 10.2 Å². The molecule has 4 rings (SSSR count). The van der Waals surface area contributed by atoms with Gasteiger partial charge in [0, 0.05) is 4.88 Å². The van der Waals surface area contributed by atoms with E-state index in [1.165, 1.54) is 28.7 Å². The first-order chi connectivity index (χ1) is 10.6. The van der Waals surface area contributed by atoms with Gasteiger partial charge < -0.3 is 5.32 Å². The summed E-state index contributed by atoms with van der Waals surface area (Å²) < 4.78 is 0. The van der Waals surface area contributed by atoms with Gasteiger partial charge in [-0.25, -0.2) is 9.97 Å². The summed E-state index contributed by atoms with van der Waals surface area (Å²) in [6.07, 6.45) is 5.15. The number of anilines is 2. The number of aromatic nitrogens is 2. The zero-order valence-corrected chi connectivity index (χ0v) is 14.1. The fourth-order valence-electron chi connectivity index (χ4n) is 3.22. The molecule has 0 unspecified atom stereocenters. The third-order valence-corrected chi connectivity index (χ3v) is 5.67. The molecule has 0 bridgehead atoms. The number of benzene rings is 1. The largest absolute Gasteiger partial charge is 0.338 e. The Morgan fingerprint density at radius 3 is 2.86 bits per heavy atom. The molecule has 1 N–H and O–H groups in total.